The third-order valence-corrected chi connectivity index (χ3v) is 7.37. The van der Waals surface area contributed by atoms with Gasteiger partial charge in [-0.1, -0.05) is 30.7 Å². The van der Waals surface area contributed by atoms with Gasteiger partial charge in [0.25, 0.3) is 0 Å². The van der Waals surface area contributed by atoms with E-state index < -0.39 is 0 Å². The van der Waals surface area contributed by atoms with Crippen LogP contribution in [-0.4, -0.2) is 11.2 Å². The minimum atomic E-state index is -0.0310. The monoisotopic (exact) mass is 272 g/mol. The molecule has 1 N–H and O–H groups in total. The number of allylic oxidation sites excluding steroid dienone is 3. The van der Waals surface area contributed by atoms with Crippen LogP contribution in [0.3, 0.4) is 0 Å². The maximum absolute atomic E-state index is 10.4. The summed E-state index contributed by atoms with van der Waals surface area (Å²) in [5.74, 6) is 3.44. The summed E-state index contributed by atoms with van der Waals surface area (Å²) >= 11 is 0. The quantitative estimate of drug-likeness (QED) is 0.689. The van der Waals surface area contributed by atoms with Gasteiger partial charge in [-0.15, -0.1) is 0 Å². The highest BCUT2D eigenvalue weighted by Gasteiger charge is 2.55. The second kappa shape index (κ2) is 4.47. The lowest BCUT2D eigenvalue weighted by atomic mass is 9.52. The molecule has 0 aromatic rings. The van der Waals surface area contributed by atoms with Crippen molar-refractivity contribution in [3.05, 3.63) is 23.8 Å². The lowest BCUT2D eigenvalue weighted by molar-refractivity contribution is -0.0529. The standard InChI is InChI=1S/C19H28O/c1-12-3-5-14-13(11-12)4-6-16-15(14)9-10-19(2)17(16)7-8-18(19)20/h11,14-18,20H,1,3-10H2,2H3. The van der Waals surface area contributed by atoms with Gasteiger partial charge in [0.15, 0.2) is 0 Å². The molecule has 20 heavy (non-hydrogen) atoms. The van der Waals surface area contributed by atoms with Gasteiger partial charge in [-0.05, 0) is 80.5 Å². The van der Waals surface area contributed by atoms with Gasteiger partial charge in [-0.2, -0.15) is 0 Å². The molecule has 1 nitrogen and oxygen atoms in total. The predicted molar refractivity (Wildman–Crippen MR) is 82.2 cm³/mol. The van der Waals surface area contributed by atoms with Gasteiger partial charge in [-0.25, -0.2) is 0 Å². The predicted octanol–water partition coefficient (Wildman–Crippen LogP) is 4.48. The van der Waals surface area contributed by atoms with Crippen molar-refractivity contribution in [2.45, 2.75) is 64.4 Å². The van der Waals surface area contributed by atoms with E-state index in [1.807, 2.05) is 0 Å². The molecule has 4 rings (SSSR count). The van der Waals surface area contributed by atoms with E-state index in [1.165, 1.54) is 50.5 Å². The topological polar surface area (TPSA) is 20.2 Å². The molecule has 0 aliphatic heterocycles. The molecular formula is C19H28O. The zero-order valence-corrected chi connectivity index (χ0v) is 12.8. The first-order chi connectivity index (χ1) is 9.59. The number of rotatable bonds is 0. The zero-order chi connectivity index (χ0) is 13.9. The number of aliphatic hydroxyl groups excluding tert-OH is 1. The molecule has 6 atom stereocenters. The second-order valence-corrected chi connectivity index (χ2v) is 8.13. The maximum Gasteiger partial charge on any atom is 0.0596 e. The molecule has 1 heteroatoms. The average molecular weight is 272 g/mol. The van der Waals surface area contributed by atoms with Crippen molar-refractivity contribution >= 4 is 0 Å². The number of hydrogen-bond acceptors (Lipinski definition) is 1. The molecule has 110 valence electrons. The molecule has 6 unspecified atom stereocenters. The first-order valence-corrected chi connectivity index (χ1v) is 8.66. The number of fused-ring (bicyclic) bond motifs is 5. The van der Waals surface area contributed by atoms with Gasteiger partial charge in [0.05, 0.1) is 6.10 Å². The van der Waals surface area contributed by atoms with Crippen molar-refractivity contribution in [3.8, 4) is 0 Å². The van der Waals surface area contributed by atoms with E-state index >= 15 is 0 Å². The summed E-state index contributed by atoms with van der Waals surface area (Å²) in [4.78, 5) is 0. The average Bonchev–Trinajstić information content (AvgIpc) is 2.74. The highest BCUT2D eigenvalue weighted by atomic mass is 16.3. The Morgan fingerprint density at radius 2 is 1.95 bits per heavy atom. The van der Waals surface area contributed by atoms with Crippen LogP contribution in [0.5, 0.6) is 0 Å². The van der Waals surface area contributed by atoms with Crippen LogP contribution in [0.25, 0.3) is 0 Å². The van der Waals surface area contributed by atoms with Crippen LogP contribution >= 0.6 is 0 Å². The van der Waals surface area contributed by atoms with Gasteiger partial charge in [0.1, 0.15) is 0 Å². The fourth-order valence-corrected chi connectivity index (χ4v) is 6.25. The molecule has 4 aliphatic rings. The van der Waals surface area contributed by atoms with Crippen molar-refractivity contribution in [2.24, 2.45) is 29.1 Å². The van der Waals surface area contributed by atoms with E-state index in [0.29, 0.717) is 0 Å². The summed E-state index contributed by atoms with van der Waals surface area (Å²) in [7, 11) is 0. The van der Waals surface area contributed by atoms with Crippen LogP contribution in [0.15, 0.2) is 23.8 Å². The van der Waals surface area contributed by atoms with Crippen molar-refractivity contribution < 1.29 is 5.11 Å². The second-order valence-electron chi connectivity index (χ2n) is 8.13. The molecule has 0 aromatic carbocycles. The normalized spacial score (nSPS) is 51.0. The van der Waals surface area contributed by atoms with Gasteiger partial charge >= 0.3 is 0 Å². The summed E-state index contributed by atoms with van der Waals surface area (Å²) in [6.07, 6.45) is 12.5. The third-order valence-electron chi connectivity index (χ3n) is 7.37. The van der Waals surface area contributed by atoms with Crippen molar-refractivity contribution in [2.75, 3.05) is 0 Å². The Labute approximate surface area is 123 Å². The first-order valence-electron chi connectivity index (χ1n) is 8.66. The van der Waals surface area contributed by atoms with Gasteiger partial charge in [-0.3, -0.25) is 0 Å². The SMILES string of the molecule is C=C1C=C2CCC3C(CCC4(C)C(O)CCC34)C2CC1. The first kappa shape index (κ1) is 13.1. The molecule has 3 fully saturated rings. The summed E-state index contributed by atoms with van der Waals surface area (Å²) in [5.41, 5.74) is 3.30. The van der Waals surface area contributed by atoms with Gasteiger partial charge in [0.2, 0.25) is 0 Å². The van der Waals surface area contributed by atoms with E-state index in [2.05, 4.69) is 19.6 Å². The molecule has 0 saturated heterocycles. The lowest BCUT2D eigenvalue weighted by Gasteiger charge is -2.53. The molecule has 0 spiro atoms. The number of aliphatic hydroxyl groups is 1. The Balaban J connectivity index is 1.63. The maximum atomic E-state index is 10.4. The molecule has 0 bridgehead atoms. The number of hydrogen-bond donors (Lipinski definition) is 1. The van der Waals surface area contributed by atoms with Crippen LogP contribution in [0.1, 0.15) is 58.3 Å². The van der Waals surface area contributed by atoms with Crippen molar-refractivity contribution in [3.63, 3.8) is 0 Å². The molecule has 0 radical (unpaired) electrons. The van der Waals surface area contributed by atoms with Gasteiger partial charge < -0.3 is 5.11 Å². The third kappa shape index (κ3) is 1.71. The van der Waals surface area contributed by atoms with Crippen LogP contribution in [-0.2, 0) is 0 Å². The minimum absolute atomic E-state index is 0.0310. The molecule has 4 aliphatic carbocycles. The Morgan fingerprint density at radius 1 is 1.10 bits per heavy atom. The van der Waals surface area contributed by atoms with Crippen LogP contribution < -0.4 is 0 Å². The molecule has 0 amide bonds. The molecular weight excluding hydrogens is 244 g/mol. The van der Waals surface area contributed by atoms with E-state index in [1.54, 1.807) is 5.57 Å². The molecule has 3 saturated carbocycles. The Bertz CT molecular complexity index is 462. The molecule has 0 aromatic heterocycles. The van der Waals surface area contributed by atoms with E-state index in [9.17, 15) is 5.11 Å². The smallest absolute Gasteiger partial charge is 0.0596 e. The van der Waals surface area contributed by atoms with Crippen LogP contribution in [0, 0.1) is 29.1 Å². The Morgan fingerprint density at radius 3 is 2.80 bits per heavy atom. The summed E-state index contributed by atoms with van der Waals surface area (Å²) in [6, 6.07) is 0. The van der Waals surface area contributed by atoms with Crippen LogP contribution in [0.4, 0.5) is 0 Å². The van der Waals surface area contributed by atoms with Crippen molar-refractivity contribution in [1.29, 1.82) is 0 Å². The Hall–Kier alpha value is -0.560. The minimum Gasteiger partial charge on any atom is -0.393 e. The highest BCUT2D eigenvalue weighted by Crippen LogP contribution is 2.61. The van der Waals surface area contributed by atoms with E-state index in [4.69, 9.17) is 0 Å². The fourth-order valence-electron chi connectivity index (χ4n) is 6.25. The summed E-state index contributed by atoms with van der Waals surface area (Å²) < 4.78 is 0. The zero-order valence-electron chi connectivity index (χ0n) is 12.8. The Kier molecular flexibility index (Phi) is 2.93. The summed E-state index contributed by atoms with van der Waals surface area (Å²) in [5, 5.41) is 10.4. The fraction of sp³-hybridized carbons (Fsp3) is 0.789. The van der Waals surface area contributed by atoms with E-state index in [-0.39, 0.29) is 11.5 Å². The van der Waals surface area contributed by atoms with Crippen LogP contribution in [0.2, 0.25) is 0 Å². The largest absolute Gasteiger partial charge is 0.393 e. The van der Waals surface area contributed by atoms with E-state index in [0.717, 1.165) is 30.1 Å². The van der Waals surface area contributed by atoms with Gasteiger partial charge in [0, 0.05) is 0 Å². The lowest BCUT2D eigenvalue weighted by Crippen LogP contribution is -2.47. The summed E-state index contributed by atoms with van der Waals surface area (Å²) in [6.45, 7) is 6.55. The molecule has 0 heterocycles. The van der Waals surface area contributed by atoms with Crippen molar-refractivity contribution in [1.82, 2.24) is 0 Å². The highest BCUT2D eigenvalue weighted by molar-refractivity contribution is 5.29.